The zero-order valence-corrected chi connectivity index (χ0v) is 10.5. The first-order valence-electron chi connectivity index (χ1n) is 5.97. The van der Waals surface area contributed by atoms with Crippen LogP contribution in [-0.2, 0) is 7.05 Å². The van der Waals surface area contributed by atoms with E-state index < -0.39 is 0 Å². The van der Waals surface area contributed by atoms with E-state index in [-0.39, 0.29) is 5.56 Å². The SMILES string of the molecule is Cn1c(=O)cc(-c2cccc(N)c2)c2cccnc21. The Labute approximate surface area is 110 Å². The first kappa shape index (κ1) is 11.5. The fraction of sp³-hybridized carbons (Fsp3) is 0.0667. The van der Waals surface area contributed by atoms with Crippen LogP contribution >= 0.6 is 0 Å². The van der Waals surface area contributed by atoms with Crippen LogP contribution in [0.25, 0.3) is 22.2 Å². The number of hydrogen-bond donors (Lipinski definition) is 1. The van der Waals surface area contributed by atoms with Gasteiger partial charge >= 0.3 is 0 Å². The average Bonchev–Trinajstić information content (AvgIpc) is 2.43. The van der Waals surface area contributed by atoms with Crippen molar-refractivity contribution < 1.29 is 0 Å². The van der Waals surface area contributed by atoms with Crippen molar-refractivity contribution in [3.05, 3.63) is 59.0 Å². The molecule has 0 radical (unpaired) electrons. The Morgan fingerprint density at radius 3 is 2.79 bits per heavy atom. The van der Waals surface area contributed by atoms with Gasteiger partial charge in [0.2, 0.25) is 0 Å². The predicted octanol–water partition coefficient (Wildman–Crippen LogP) is 2.18. The van der Waals surface area contributed by atoms with Gasteiger partial charge in [0, 0.05) is 30.4 Å². The van der Waals surface area contributed by atoms with Gasteiger partial charge in [-0.1, -0.05) is 12.1 Å². The second-order valence-corrected chi connectivity index (χ2v) is 4.46. The number of pyridine rings is 2. The minimum Gasteiger partial charge on any atom is -0.399 e. The molecule has 0 saturated carbocycles. The number of nitrogens with zero attached hydrogens (tertiary/aromatic N) is 2. The minimum atomic E-state index is -0.0800. The Morgan fingerprint density at radius 1 is 1.16 bits per heavy atom. The van der Waals surface area contributed by atoms with Gasteiger partial charge in [-0.05, 0) is 35.4 Å². The molecule has 0 bridgehead atoms. The van der Waals surface area contributed by atoms with Gasteiger partial charge in [0.15, 0.2) is 0 Å². The van der Waals surface area contributed by atoms with E-state index in [0.29, 0.717) is 11.3 Å². The normalized spacial score (nSPS) is 10.8. The van der Waals surface area contributed by atoms with Crippen LogP contribution in [0.1, 0.15) is 0 Å². The lowest BCUT2D eigenvalue weighted by Gasteiger charge is -2.09. The van der Waals surface area contributed by atoms with Gasteiger partial charge in [0.25, 0.3) is 5.56 Å². The molecule has 0 atom stereocenters. The lowest BCUT2D eigenvalue weighted by molar-refractivity contribution is 0.888. The molecule has 94 valence electrons. The van der Waals surface area contributed by atoms with Crippen molar-refractivity contribution in [2.75, 3.05) is 5.73 Å². The van der Waals surface area contributed by atoms with Gasteiger partial charge in [0.1, 0.15) is 5.65 Å². The van der Waals surface area contributed by atoms with Gasteiger partial charge in [0.05, 0.1) is 0 Å². The highest BCUT2D eigenvalue weighted by Crippen LogP contribution is 2.26. The number of benzene rings is 1. The first-order chi connectivity index (χ1) is 9.16. The highest BCUT2D eigenvalue weighted by Gasteiger charge is 2.09. The van der Waals surface area contributed by atoms with Crippen LogP contribution < -0.4 is 11.3 Å². The third kappa shape index (κ3) is 1.87. The maximum atomic E-state index is 12.0. The zero-order valence-electron chi connectivity index (χ0n) is 10.5. The average molecular weight is 251 g/mol. The summed E-state index contributed by atoms with van der Waals surface area (Å²) in [6.45, 7) is 0. The summed E-state index contributed by atoms with van der Waals surface area (Å²) >= 11 is 0. The summed E-state index contributed by atoms with van der Waals surface area (Å²) in [6, 6.07) is 13.0. The Balaban J connectivity index is 2.42. The molecule has 0 fully saturated rings. The third-order valence-electron chi connectivity index (χ3n) is 3.19. The second kappa shape index (κ2) is 4.24. The van der Waals surface area contributed by atoms with Gasteiger partial charge in [-0.15, -0.1) is 0 Å². The number of rotatable bonds is 1. The molecule has 0 saturated heterocycles. The van der Waals surface area contributed by atoms with Crippen LogP contribution in [0.15, 0.2) is 53.5 Å². The van der Waals surface area contributed by atoms with E-state index in [1.54, 1.807) is 23.9 Å². The van der Waals surface area contributed by atoms with Crippen LogP contribution in [-0.4, -0.2) is 9.55 Å². The largest absolute Gasteiger partial charge is 0.399 e. The Hall–Kier alpha value is -2.62. The maximum Gasteiger partial charge on any atom is 0.252 e. The summed E-state index contributed by atoms with van der Waals surface area (Å²) in [4.78, 5) is 16.3. The van der Waals surface area contributed by atoms with Crippen LogP contribution in [0.4, 0.5) is 5.69 Å². The summed E-state index contributed by atoms with van der Waals surface area (Å²) in [5.74, 6) is 0. The molecule has 2 N–H and O–H groups in total. The number of aromatic nitrogens is 2. The lowest BCUT2D eigenvalue weighted by Crippen LogP contribution is -2.17. The van der Waals surface area contributed by atoms with Crippen molar-refractivity contribution in [1.82, 2.24) is 9.55 Å². The van der Waals surface area contributed by atoms with Gasteiger partial charge in [-0.25, -0.2) is 4.98 Å². The zero-order chi connectivity index (χ0) is 13.4. The number of nitrogen functional groups attached to an aromatic ring is 1. The van der Waals surface area contributed by atoms with Crippen molar-refractivity contribution >= 4 is 16.7 Å². The molecule has 0 aliphatic heterocycles. The number of hydrogen-bond acceptors (Lipinski definition) is 3. The standard InChI is InChI=1S/C15H13N3O/c1-18-14(19)9-13(10-4-2-5-11(16)8-10)12-6-3-7-17-15(12)18/h2-9H,16H2,1H3. The molecule has 2 heterocycles. The quantitative estimate of drug-likeness (QED) is 0.674. The number of fused-ring (bicyclic) bond motifs is 1. The molecule has 0 unspecified atom stereocenters. The smallest absolute Gasteiger partial charge is 0.252 e. The second-order valence-electron chi connectivity index (χ2n) is 4.46. The van der Waals surface area contributed by atoms with Crippen molar-refractivity contribution in [2.24, 2.45) is 7.05 Å². The van der Waals surface area contributed by atoms with Crippen molar-refractivity contribution in [1.29, 1.82) is 0 Å². The highest BCUT2D eigenvalue weighted by molar-refractivity contribution is 5.93. The van der Waals surface area contributed by atoms with Crippen molar-refractivity contribution in [2.45, 2.75) is 0 Å². The first-order valence-corrected chi connectivity index (χ1v) is 5.97. The number of anilines is 1. The van der Waals surface area contributed by atoms with Gasteiger partial charge < -0.3 is 5.73 Å². The summed E-state index contributed by atoms with van der Waals surface area (Å²) in [6.07, 6.45) is 1.69. The van der Waals surface area contributed by atoms with E-state index in [1.165, 1.54) is 0 Å². The van der Waals surface area contributed by atoms with Crippen LogP contribution in [0.3, 0.4) is 0 Å². The molecule has 3 aromatic rings. The predicted molar refractivity (Wildman–Crippen MR) is 76.8 cm³/mol. The summed E-state index contributed by atoms with van der Waals surface area (Å²) < 4.78 is 1.55. The molecule has 0 spiro atoms. The molecule has 0 aliphatic carbocycles. The molecule has 0 amide bonds. The molecule has 19 heavy (non-hydrogen) atoms. The van der Waals surface area contributed by atoms with Crippen molar-refractivity contribution in [3.63, 3.8) is 0 Å². The van der Waals surface area contributed by atoms with Crippen LogP contribution in [0, 0.1) is 0 Å². The minimum absolute atomic E-state index is 0.0800. The molecule has 0 aliphatic rings. The molecule has 4 heteroatoms. The Bertz CT molecular complexity index is 821. The fourth-order valence-corrected chi connectivity index (χ4v) is 2.22. The van der Waals surface area contributed by atoms with Gasteiger partial charge in [-0.3, -0.25) is 9.36 Å². The summed E-state index contributed by atoms with van der Waals surface area (Å²) in [5.41, 5.74) is 8.86. The highest BCUT2D eigenvalue weighted by atomic mass is 16.1. The summed E-state index contributed by atoms with van der Waals surface area (Å²) in [5, 5.41) is 0.940. The van der Waals surface area contributed by atoms with E-state index in [4.69, 9.17) is 5.73 Å². The molecular weight excluding hydrogens is 238 g/mol. The van der Waals surface area contributed by atoms with E-state index in [2.05, 4.69) is 4.98 Å². The van der Waals surface area contributed by atoms with Crippen LogP contribution in [0.2, 0.25) is 0 Å². The number of aryl methyl sites for hydroxylation is 1. The lowest BCUT2D eigenvalue weighted by atomic mass is 10.0. The fourth-order valence-electron chi connectivity index (χ4n) is 2.22. The van der Waals surface area contributed by atoms with Gasteiger partial charge in [-0.2, -0.15) is 0 Å². The molecule has 3 rings (SSSR count). The third-order valence-corrected chi connectivity index (χ3v) is 3.19. The molecule has 4 nitrogen and oxygen atoms in total. The van der Waals surface area contributed by atoms with E-state index in [1.807, 2.05) is 36.4 Å². The number of nitrogens with two attached hydrogens (primary N) is 1. The molecule has 2 aromatic heterocycles. The maximum absolute atomic E-state index is 12.0. The van der Waals surface area contributed by atoms with E-state index in [0.717, 1.165) is 16.5 Å². The van der Waals surface area contributed by atoms with Crippen LogP contribution in [0.5, 0.6) is 0 Å². The molecular formula is C15H13N3O. The van der Waals surface area contributed by atoms with Crippen molar-refractivity contribution in [3.8, 4) is 11.1 Å². The van der Waals surface area contributed by atoms with E-state index >= 15 is 0 Å². The Morgan fingerprint density at radius 2 is 2.00 bits per heavy atom. The monoisotopic (exact) mass is 251 g/mol. The Kier molecular flexibility index (Phi) is 2.56. The topological polar surface area (TPSA) is 60.9 Å². The van der Waals surface area contributed by atoms with E-state index in [9.17, 15) is 4.79 Å². The summed E-state index contributed by atoms with van der Waals surface area (Å²) in [7, 11) is 1.72. The molecule has 1 aromatic carbocycles.